The smallest absolute Gasteiger partial charge is 0.125 e. The average Bonchev–Trinajstić information content (AvgIpc) is 2.68. The molecule has 0 radical (unpaired) electrons. The second-order valence-electron chi connectivity index (χ2n) is 7.45. The van der Waals surface area contributed by atoms with Crippen molar-refractivity contribution in [3.05, 3.63) is 53.1 Å². The van der Waals surface area contributed by atoms with Crippen LogP contribution in [0, 0.1) is 5.92 Å². The number of fused-ring (bicyclic) bond motifs is 3. The molecule has 2 N–H and O–H groups in total. The Bertz CT molecular complexity index is 783. The van der Waals surface area contributed by atoms with Gasteiger partial charge in [0.2, 0.25) is 0 Å². The van der Waals surface area contributed by atoms with Crippen LogP contribution in [0.4, 0.5) is 0 Å². The summed E-state index contributed by atoms with van der Waals surface area (Å²) in [6.45, 7) is 0. The van der Waals surface area contributed by atoms with Gasteiger partial charge in [0.15, 0.2) is 0 Å². The Balaban J connectivity index is 1.83. The van der Waals surface area contributed by atoms with E-state index in [1.54, 1.807) is 20.3 Å². The lowest BCUT2D eigenvalue weighted by atomic mass is 9.60. The number of phenols is 1. The molecule has 2 aliphatic carbocycles. The molecule has 1 saturated carbocycles. The number of methoxy groups -OCH3 is 2. The number of rotatable bonds is 3. The van der Waals surface area contributed by atoms with Crippen molar-refractivity contribution >= 4 is 0 Å². The fraction of sp³-hybridized carbons (Fsp3) is 0.455. The molecule has 2 aromatic carbocycles. The number of phenolic OH excluding ortho intramolecular Hbond substituents is 1. The largest absolute Gasteiger partial charge is 0.507 e. The molecule has 138 valence electrons. The number of ether oxygens (including phenoxy) is 2. The zero-order valence-electron chi connectivity index (χ0n) is 15.3. The molecule has 26 heavy (non-hydrogen) atoms. The molecule has 4 atom stereocenters. The molecule has 0 amide bonds. The van der Waals surface area contributed by atoms with Gasteiger partial charge in [-0.15, -0.1) is 0 Å². The Labute approximate surface area is 154 Å². The maximum Gasteiger partial charge on any atom is 0.125 e. The highest BCUT2D eigenvalue weighted by Gasteiger charge is 2.45. The van der Waals surface area contributed by atoms with E-state index in [9.17, 15) is 10.2 Å². The summed E-state index contributed by atoms with van der Waals surface area (Å²) in [4.78, 5) is 0. The van der Waals surface area contributed by atoms with Crippen LogP contribution in [-0.4, -0.2) is 24.4 Å². The third kappa shape index (κ3) is 2.73. The quantitative estimate of drug-likeness (QED) is 0.851. The van der Waals surface area contributed by atoms with Gasteiger partial charge >= 0.3 is 0 Å². The normalized spacial score (nSPS) is 27.3. The number of hydrogen-bond acceptors (Lipinski definition) is 4. The second kappa shape index (κ2) is 6.84. The molecule has 0 spiro atoms. The lowest BCUT2D eigenvalue weighted by Gasteiger charge is -2.45. The third-order valence-electron chi connectivity index (χ3n) is 6.22. The molecule has 0 saturated heterocycles. The van der Waals surface area contributed by atoms with Crippen molar-refractivity contribution in [2.75, 3.05) is 14.2 Å². The van der Waals surface area contributed by atoms with Gasteiger partial charge in [-0.3, -0.25) is 0 Å². The number of aliphatic hydroxyl groups is 1. The molecule has 4 rings (SSSR count). The van der Waals surface area contributed by atoms with Gasteiger partial charge in [-0.2, -0.15) is 0 Å². The van der Waals surface area contributed by atoms with E-state index < -0.39 is 6.10 Å². The van der Waals surface area contributed by atoms with Gasteiger partial charge in [-0.05, 0) is 54.0 Å². The molecular weight excluding hydrogens is 328 g/mol. The molecule has 2 aromatic rings. The molecule has 0 aliphatic heterocycles. The minimum atomic E-state index is -0.719. The molecular formula is C22H26O4. The molecule has 2 aliphatic rings. The highest BCUT2D eigenvalue weighted by atomic mass is 16.5. The topological polar surface area (TPSA) is 58.9 Å². The van der Waals surface area contributed by atoms with Crippen LogP contribution in [0.1, 0.15) is 60.3 Å². The van der Waals surface area contributed by atoms with E-state index in [1.165, 1.54) is 12.8 Å². The summed E-state index contributed by atoms with van der Waals surface area (Å²) in [5.74, 6) is 2.29. The number of aromatic hydroxyl groups is 1. The van der Waals surface area contributed by atoms with Gasteiger partial charge in [0, 0.05) is 17.5 Å². The monoisotopic (exact) mass is 354 g/mol. The Hall–Kier alpha value is -2.20. The van der Waals surface area contributed by atoms with Crippen molar-refractivity contribution in [1.82, 2.24) is 0 Å². The van der Waals surface area contributed by atoms with Crippen molar-refractivity contribution < 1.29 is 19.7 Å². The minimum absolute atomic E-state index is 0.0157. The zero-order valence-corrected chi connectivity index (χ0v) is 15.3. The first-order valence-electron chi connectivity index (χ1n) is 9.37. The van der Waals surface area contributed by atoms with E-state index >= 15 is 0 Å². The number of benzene rings is 2. The van der Waals surface area contributed by atoms with E-state index in [1.807, 2.05) is 30.3 Å². The van der Waals surface area contributed by atoms with Gasteiger partial charge in [0.25, 0.3) is 0 Å². The first-order chi connectivity index (χ1) is 12.6. The third-order valence-corrected chi connectivity index (χ3v) is 6.22. The first-order valence-corrected chi connectivity index (χ1v) is 9.37. The summed E-state index contributed by atoms with van der Waals surface area (Å²) < 4.78 is 10.6. The maximum atomic E-state index is 11.3. The predicted octanol–water partition coefficient (Wildman–Crippen LogP) is 4.51. The van der Waals surface area contributed by atoms with Crippen LogP contribution in [0.5, 0.6) is 17.2 Å². The van der Waals surface area contributed by atoms with Gasteiger partial charge < -0.3 is 19.7 Å². The Morgan fingerprint density at radius 1 is 0.923 bits per heavy atom. The number of hydrogen-bond donors (Lipinski definition) is 2. The van der Waals surface area contributed by atoms with Crippen LogP contribution in [0.2, 0.25) is 0 Å². The molecule has 0 heterocycles. The SMILES string of the molecule is COc1ccc(C2C(O)c3c(O)cc(OC)cc3C3CCCCC32)cc1. The summed E-state index contributed by atoms with van der Waals surface area (Å²) in [5.41, 5.74) is 2.84. The van der Waals surface area contributed by atoms with Crippen LogP contribution in [0.25, 0.3) is 0 Å². The second-order valence-corrected chi connectivity index (χ2v) is 7.45. The van der Waals surface area contributed by atoms with Crippen LogP contribution >= 0.6 is 0 Å². The fourth-order valence-electron chi connectivity index (χ4n) is 5.02. The first kappa shape index (κ1) is 17.2. The number of aliphatic hydroxyl groups excluding tert-OH is 1. The minimum Gasteiger partial charge on any atom is -0.507 e. The molecule has 4 nitrogen and oxygen atoms in total. The summed E-state index contributed by atoms with van der Waals surface area (Å²) in [6, 6.07) is 11.6. The average molecular weight is 354 g/mol. The van der Waals surface area contributed by atoms with Crippen LogP contribution < -0.4 is 9.47 Å². The van der Waals surface area contributed by atoms with Crippen molar-refractivity contribution in [2.24, 2.45) is 5.92 Å². The summed E-state index contributed by atoms with van der Waals surface area (Å²) in [7, 11) is 3.27. The molecule has 0 bridgehead atoms. The van der Waals surface area contributed by atoms with Crippen molar-refractivity contribution in [2.45, 2.75) is 43.6 Å². The molecule has 4 heteroatoms. The molecule has 1 fully saturated rings. The van der Waals surface area contributed by atoms with Crippen molar-refractivity contribution in [3.63, 3.8) is 0 Å². The Kier molecular flexibility index (Phi) is 4.53. The Morgan fingerprint density at radius 3 is 2.31 bits per heavy atom. The van der Waals surface area contributed by atoms with Gasteiger partial charge in [0.1, 0.15) is 17.2 Å². The lowest BCUT2D eigenvalue weighted by Crippen LogP contribution is -2.34. The van der Waals surface area contributed by atoms with Crippen LogP contribution in [-0.2, 0) is 0 Å². The van der Waals surface area contributed by atoms with E-state index in [0.29, 0.717) is 23.1 Å². The Morgan fingerprint density at radius 2 is 1.62 bits per heavy atom. The zero-order chi connectivity index (χ0) is 18.3. The van der Waals surface area contributed by atoms with Gasteiger partial charge in [-0.1, -0.05) is 25.0 Å². The van der Waals surface area contributed by atoms with Crippen LogP contribution in [0.3, 0.4) is 0 Å². The van der Waals surface area contributed by atoms with Gasteiger partial charge in [-0.25, -0.2) is 0 Å². The summed E-state index contributed by atoms with van der Waals surface area (Å²) in [5, 5.41) is 21.9. The maximum absolute atomic E-state index is 11.3. The molecule has 4 unspecified atom stereocenters. The summed E-state index contributed by atoms with van der Waals surface area (Å²) in [6.07, 6.45) is 3.83. The van der Waals surface area contributed by atoms with E-state index in [2.05, 4.69) is 0 Å². The van der Waals surface area contributed by atoms with E-state index in [4.69, 9.17) is 9.47 Å². The summed E-state index contributed by atoms with van der Waals surface area (Å²) >= 11 is 0. The highest BCUT2D eigenvalue weighted by molar-refractivity contribution is 5.52. The predicted molar refractivity (Wildman–Crippen MR) is 100 cm³/mol. The van der Waals surface area contributed by atoms with Crippen molar-refractivity contribution in [1.29, 1.82) is 0 Å². The molecule has 0 aromatic heterocycles. The van der Waals surface area contributed by atoms with E-state index in [-0.39, 0.29) is 11.7 Å². The lowest BCUT2D eigenvalue weighted by molar-refractivity contribution is 0.0728. The standard InChI is InChI=1S/C22H26O4/c1-25-14-9-7-13(8-10-14)20-17-6-4-3-5-16(17)18-11-15(26-2)12-19(23)21(18)22(20)24/h7-12,16-17,20,22-24H,3-6H2,1-2H3. The van der Waals surface area contributed by atoms with E-state index in [0.717, 1.165) is 29.7 Å². The van der Waals surface area contributed by atoms with Crippen LogP contribution in [0.15, 0.2) is 36.4 Å². The van der Waals surface area contributed by atoms with Crippen molar-refractivity contribution in [3.8, 4) is 17.2 Å². The fourth-order valence-corrected chi connectivity index (χ4v) is 5.02. The van der Waals surface area contributed by atoms with Gasteiger partial charge in [0.05, 0.1) is 20.3 Å². The highest BCUT2D eigenvalue weighted by Crippen LogP contribution is 2.57.